The molecule has 6 heteroatoms. The van der Waals surface area contributed by atoms with Crippen molar-refractivity contribution in [2.24, 2.45) is 0 Å². The fraction of sp³-hybridized carbons (Fsp3) is 0.300. The van der Waals surface area contributed by atoms with Crippen molar-refractivity contribution in [1.82, 2.24) is 0 Å². The van der Waals surface area contributed by atoms with E-state index >= 15 is 0 Å². The summed E-state index contributed by atoms with van der Waals surface area (Å²) in [5.74, 6) is 0. The summed E-state index contributed by atoms with van der Waals surface area (Å²) in [7, 11) is 0. The minimum atomic E-state index is -1.26. The predicted octanol–water partition coefficient (Wildman–Crippen LogP) is 2.95. The highest BCUT2D eigenvalue weighted by atomic mass is 35.5. The lowest BCUT2D eigenvalue weighted by molar-refractivity contribution is 0.0217. The summed E-state index contributed by atoms with van der Waals surface area (Å²) in [6, 6.07) is 4.50. The van der Waals surface area contributed by atoms with Gasteiger partial charge in [0.25, 0.3) is 0 Å². The summed E-state index contributed by atoms with van der Waals surface area (Å²) in [5, 5.41) is 28.3. The van der Waals surface area contributed by atoms with Gasteiger partial charge in [0.2, 0.25) is 0 Å². The van der Waals surface area contributed by atoms with E-state index < -0.39 is 12.2 Å². The van der Waals surface area contributed by atoms with E-state index in [1.807, 2.05) is 0 Å². The van der Waals surface area contributed by atoms with Gasteiger partial charge < -0.3 is 10.2 Å². The van der Waals surface area contributed by atoms with E-state index in [1.165, 1.54) is 12.1 Å². The Kier molecular flexibility index (Phi) is 4.85. The average molecular weight is 281 g/mol. The van der Waals surface area contributed by atoms with Crippen LogP contribution in [0.3, 0.4) is 0 Å². The van der Waals surface area contributed by atoms with E-state index in [1.54, 1.807) is 6.07 Å². The van der Waals surface area contributed by atoms with Gasteiger partial charge in [-0.1, -0.05) is 34.8 Å². The van der Waals surface area contributed by atoms with Crippen LogP contribution in [0.5, 0.6) is 0 Å². The molecule has 1 aromatic carbocycles. The Morgan fingerprint density at radius 2 is 1.69 bits per heavy atom. The summed E-state index contributed by atoms with van der Waals surface area (Å²) in [6.45, 7) is 0. The first-order valence-electron chi connectivity index (χ1n) is 4.35. The van der Waals surface area contributed by atoms with Gasteiger partial charge in [-0.2, -0.15) is 5.26 Å². The highest BCUT2D eigenvalue weighted by Gasteiger charge is 2.21. The molecule has 0 aliphatic rings. The molecular formula is C10H8Cl3NO2. The van der Waals surface area contributed by atoms with Crippen LogP contribution in [0, 0.1) is 11.3 Å². The van der Waals surface area contributed by atoms with Crippen LogP contribution >= 0.6 is 34.8 Å². The lowest BCUT2D eigenvalue weighted by Crippen LogP contribution is -2.17. The third-order valence-electron chi connectivity index (χ3n) is 2.02. The summed E-state index contributed by atoms with van der Waals surface area (Å²) in [4.78, 5) is 0. The minimum Gasteiger partial charge on any atom is -0.389 e. The largest absolute Gasteiger partial charge is 0.389 e. The molecule has 2 N–H and O–H groups in total. The van der Waals surface area contributed by atoms with Crippen LogP contribution < -0.4 is 0 Å². The van der Waals surface area contributed by atoms with Crippen molar-refractivity contribution in [3.63, 3.8) is 0 Å². The molecule has 0 aliphatic heterocycles. The van der Waals surface area contributed by atoms with Gasteiger partial charge in [-0.15, -0.1) is 0 Å². The van der Waals surface area contributed by atoms with Gasteiger partial charge in [0, 0.05) is 10.6 Å². The molecule has 0 fully saturated rings. The van der Waals surface area contributed by atoms with Crippen LogP contribution in [0.2, 0.25) is 15.1 Å². The zero-order valence-corrected chi connectivity index (χ0v) is 10.3. The van der Waals surface area contributed by atoms with Crippen molar-refractivity contribution in [3.8, 4) is 6.07 Å². The van der Waals surface area contributed by atoms with Crippen LogP contribution in [0.4, 0.5) is 0 Å². The molecule has 0 aliphatic carbocycles. The van der Waals surface area contributed by atoms with Gasteiger partial charge in [-0.3, -0.25) is 0 Å². The fourth-order valence-electron chi connectivity index (χ4n) is 1.18. The number of aliphatic hydroxyl groups is 2. The molecule has 0 saturated carbocycles. The maximum absolute atomic E-state index is 9.73. The zero-order chi connectivity index (χ0) is 12.3. The molecule has 0 bridgehead atoms. The number of benzene rings is 1. The Morgan fingerprint density at radius 1 is 1.12 bits per heavy atom. The number of nitrogens with zero attached hydrogens (tertiary/aromatic N) is 1. The van der Waals surface area contributed by atoms with E-state index in [4.69, 9.17) is 40.1 Å². The Bertz CT molecular complexity index is 431. The Balaban J connectivity index is 3.04. The average Bonchev–Trinajstić information content (AvgIpc) is 2.23. The number of hydrogen-bond donors (Lipinski definition) is 2. The molecular weight excluding hydrogens is 272 g/mol. The molecule has 3 nitrogen and oxygen atoms in total. The molecule has 2 unspecified atom stereocenters. The maximum Gasteiger partial charge on any atom is 0.107 e. The first-order valence-corrected chi connectivity index (χ1v) is 5.48. The van der Waals surface area contributed by atoms with Crippen LogP contribution in [-0.4, -0.2) is 16.3 Å². The second kappa shape index (κ2) is 5.72. The minimum absolute atomic E-state index is 0.193. The molecule has 0 saturated heterocycles. The van der Waals surface area contributed by atoms with Gasteiger partial charge in [0.15, 0.2) is 0 Å². The standard InChI is InChI=1S/C10H8Cl3NO2/c11-6-4-8(13)7(12)3-5(6)10(16)9(15)1-2-14/h3-4,9-10,15-16H,1H2. The van der Waals surface area contributed by atoms with Crippen molar-refractivity contribution < 1.29 is 10.2 Å². The van der Waals surface area contributed by atoms with Crippen LogP contribution in [0.1, 0.15) is 18.1 Å². The Morgan fingerprint density at radius 3 is 2.25 bits per heavy atom. The highest BCUT2D eigenvalue weighted by molar-refractivity contribution is 6.43. The second-order valence-electron chi connectivity index (χ2n) is 3.16. The van der Waals surface area contributed by atoms with Crippen molar-refractivity contribution in [3.05, 3.63) is 32.8 Å². The van der Waals surface area contributed by atoms with E-state index in [9.17, 15) is 10.2 Å². The van der Waals surface area contributed by atoms with Gasteiger partial charge in [0.1, 0.15) is 6.10 Å². The number of hydrogen-bond acceptors (Lipinski definition) is 3. The molecule has 0 heterocycles. The van der Waals surface area contributed by atoms with Crippen molar-refractivity contribution in [2.45, 2.75) is 18.6 Å². The monoisotopic (exact) mass is 279 g/mol. The number of aliphatic hydroxyl groups excluding tert-OH is 2. The smallest absolute Gasteiger partial charge is 0.107 e. The summed E-state index contributed by atoms with van der Waals surface area (Å²) >= 11 is 17.3. The van der Waals surface area contributed by atoms with Crippen LogP contribution in [0.25, 0.3) is 0 Å². The van der Waals surface area contributed by atoms with Gasteiger partial charge in [0.05, 0.1) is 28.6 Å². The third-order valence-corrected chi connectivity index (χ3v) is 3.07. The van der Waals surface area contributed by atoms with Gasteiger partial charge in [-0.25, -0.2) is 0 Å². The topological polar surface area (TPSA) is 64.2 Å². The molecule has 0 spiro atoms. The van der Waals surface area contributed by atoms with Crippen molar-refractivity contribution in [2.75, 3.05) is 0 Å². The molecule has 0 radical (unpaired) electrons. The first kappa shape index (κ1) is 13.6. The van der Waals surface area contributed by atoms with Gasteiger partial charge >= 0.3 is 0 Å². The van der Waals surface area contributed by atoms with E-state index in [0.717, 1.165) is 0 Å². The van der Waals surface area contributed by atoms with Crippen molar-refractivity contribution >= 4 is 34.8 Å². The fourth-order valence-corrected chi connectivity index (χ4v) is 1.84. The lowest BCUT2D eigenvalue weighted by atomic mass is 10.0. The summed E-state index contributed by atoms with van der Waals surface area (Å²) in [5.41, 5.74) is 0.249. The number of halogens is 3. The Hall–Kier alpha value is -0.500. The SMILES string of the molecule is N#CCC(O)C(O)c1cc(Cl)c(Cl)cc1Cl. The predicted molar refractivity (Wildman–Crippen MR) is 62.7 cm³/mol. The van der Waals surface area contributed by atoms with E-state index in [2.05, 4.69) is 0 Å². The van der Waals surface area contributed by atoms with Crippen LogP contribution in [-0.2, 0) is 0 Å². The second-order valence-corrected chi connectivity index (χ2v) is 4.38. The molecule has 1 rings (SSSR count). The lowest BCUT2D eigenvalue weighted by Gasteiger charge is -2.17. The quantitative estimate of drug-likeness (QED) is 0.837. The molecule has 0 aromatic heterocycles. The molecule has 0 amide bonds. The summed E-state index contributed by atoms with van der Waals surface area (Å²) < 4.78 is 0. The maximum atomic E-state index is 9.73. The first-order chi connectivity index (χ1) is 7.47. The molecule has 2 atom stereocenters. The van der Waals surface area contributed by atoms with E-state index in [0.29, 0.717) is 0 Å². The molecule has 86 valence electrons. The number of rotatable bonds is 3. The van der Waals surface area contributed by atoms with Gasteiger partial charge in [-0.05, 0) is 12.1 Å². The highest BCUT2D eigenvalue weighted by Crippen LogP contribution is 2.33. The van der Waals surface area contributed by atoms with Crippen molar-refractivity contribution in [1.29, 1.82) is 5.26 Å². The summed E-state index contributed by atoms with van der Waals surface area (Å²) in [6.07, 6.45) is -2.67. The van der Waals surface area contributed by atoms with E-state index in [-0.39, 0.29) is 27.1 Å². The Labute approximate surface area is 108 Å². The number of nitriles is 1. The zero-order valence-electron chi connectivity index (χ0n) is 7.99. The normalized spacial score (nSPS) is 14.2. The third kappa shape index (κ3) is 3.00. The molecule has 1 aromatic rings. The molecule has 16 heavy (non-hydrogen) atoms. The van der Waals surface area contributed by atoms with Crippen LogP contribution in [0.15, 0.2) is 12.1 Å².